The van der Waals surface area contributed by atoms with Crippen LogP contribution in [0.5, 0.6) is 0 Å². The van der Waals surface area contributed by atoms with Crippen molar-refractivity contribution in [2.24, 2.45) is 5.10 Å². The molecular weight excluding hydrogens is 190 g/mol. The molecule has 0 spiro atoms. The van der Waals surface area contributed by atoms with Crippen LogP contribution in [0.15, 0.2) is 29.7 Å². The zero-order valence-corrected chi connectivity index (χ0v) is 6.90. The smallest absolute Gasteiger partial charge is 0.385 e. The Morgan fingerprint density at radius 3 is 2.86 bits per heavy atom. The Labute approximate surface area is 77.7 Å². The average molecular weight is 195 g/mol. The van der Waals surface area contributed by atoms with E-state index in [0.717, 1.165) is 0 Å². The molecule has 0 atom stereocenters. The second-order valence-electron chi connectivity index (χ2n) is 2.44. The van der Waals surface area contributed by atoms with Crippen LogP contribution in [0.1, 0.15) is 6.42 Å². The van der Waals surface area contributed by atoms with Gasteiger partial charge in [-0.25, -0.2) is 4.68 Å². The van der Waals surface area contributed by atoms with Gasteiger partial charge in [-0.3, -0.25) is 10.1 Å². The molecular formula is C6H5N5O3. The molecule has 0 aliphatic carbocycles. The molecule has 0 N–H and O–H groups in total. The van der Waals surface area contributed by atoms with Gasteiger partial charge in [0.15, 0.2) is 0 Å². The first-order chi connectivity index (χ1) is 6.75. The van der Waals surface area contributed by atoms with E-state index in [0.29, 0.717) is 6.42 Å². The van der Waals surface area contributed by atoms with Crippen LogP contribution in [0.4, 0.5) is 0 Å². The molecule has 0 saturated heterocycles. The second-order valence-corrected chi connectivity index (χ2v) is 2.44. The van der Waals surface area contributed by atoms with Gasteiger partial charge in [-0.1, -0.05) is 0 Å². The highest BCUT2D eigenvalue weighted by atomic mass is 16.7. The third-order valence-corrected chi connectivity index (χ3v) is 1.49. The van der Waals surface area contributed by atoms with Crippen molar-refractivity contribution in [1.29, 1.82) is 0 Å². The molecule has 1 aliphatic heterocycles. The summed E-state index contributed by atoms with van der Waals surface area (Å²) in [6.07, 6.45) is 4.37. The van der Waals surface area contributed by atoms with Crippen LogP contribution in [-0.4, -0.2) is 25.7 Å². The van der Waals surface area contributed by atoms with E-state index in [9.17, 15) is 10.1 Å². The predicted octanol–water partition coefficient (Wildman–Crippen LogP) is -0.0219. The Hall–Kier alpha value is -2.25. The molecule has 72 valence electrons. The van der Waals surface area contributed by atoms with E-state index in [2.05, 4.69) is 15.3 Å². The van der Waals surface area contributed by atoms with Crippen molar-refractivity contribution in [3.63, 3.8) is 0 Å². The molecule has 0 saturated carbocycles. The summed E-state index contributed by atoms with van der Waals surface area (Å²) >= 11 is 0. The number of rotatable bonds is 2. The first-order valence-electron chi connectivity index (χ1n) is 3.70. The molecule has 0 bridgehead atoms. The lowest BCUT2D eigenvalue weighted by molar-refractivity contribution is -0.454. The Bertz CT molecular complexity index is 407. The van der Waals surface area contributed by atoms with E-state index in [1.807, 2.05) is 0 Å². The van der Waals surface area contributed by atoms with E-state index in [4.69, 9.17) is 4.74 Å². The molecule has 14 heavy (non-hydrogen) atoms. The van der Waals surface area contributed by atoms with Gasteiger partial charge in [0.05, 0.1) is 6.42 Å². The largest absolute Gasteiger partial charge is 0.430 e. The summed E-state index contributed by atoms with van der Waals surface area (Å²) in [6.45, 7) is 0. The zero-order chi connectivity index (χ0) is 9.97. The third kappa shape index (κ3) is 1.58. The number of ether oxygens (including phenoxy) is 1. The minimum atomic E-state index is -0.602. The quantitative estimate of drug-likeness (QED) is 0.488. The van der Waals surface area contributed by atoms with Gasteiger partial charge in [0.25, 0.3) is 0 Å². The molecule has 0 unspecified atom stereocenters. The maximum Gasteiger partial charge on any atom is 0.430 e. The normalized spacial score (nSPS) is 18.0. The van der Waals surface area contributed by atoms with Crippen molar-refractivity contribution in [3.05, 3.63) is 34.7 Å². The second kappa shape index (κ2) is 3.24. The van der Waals surface area contributed by atoms with Crippen LogP contribution in [0.2, 0.25) is 0 Å². The standard InChI is InChI=1S/C6H5N5O3/c12-11(13)6-2-1-5(14-6)9-10-3-7-8-4-10/h2-4H,1H2. The Morgan fingerprint density at radius 1 is 1.57 bits per heavy atom. The maximum absolute atomic E-state index is 10.3. The highest BCUT2D eigenvalue weighted by Crippen LogP contribution is 2.12. The van der Waals surface area contributed by atoms with Crippen molar-refractivity contribution >= 4 is 5.90 Å². The van der Waals surface area contributed by atoms with Gasteiger partial charge in [0.2, 0.25) is 5.90 Å². The molecule has 8 nitrogen and oxygen atoms in total. The minimum Gasteiger partial charge on any atom is -0.385 e. The monoisotopic (exact) mass is 195 g/mol. The van der Waals surface area contributed by atoms with Crippen LogP contribution in [0.3, 0.4) is 0 Å². The summed E-state index contributed by atoms with van der Waals surface area (Å²) in [5.74, 6) is -0.0478. The fourth-order valence-corrected chi connectivity index (χ4v) is 0.927. The molecule has 2 heterocycles. The van der Waals surface area contributed by atoms with Gasteiger partial charge >= 0.3 is 5.88 Å². The van der Waals surface area contributed by atoms with Crippen molar-refractivity contribution in [1.82, 2.24) is 14.9 Å². The highest BCUT2D eigenvalue weighted by molar-refractivity contribution is 5.80. The van der Waals surface area contributed by atoms with Crippen LogP contribution in [0, 0.1) is 10.1 Å². The molecule has 2 rings (SSSR count). The van der Waals surface area contributed by atoms with Gasteiger partial charge in [-0.2, -0.15) is 0 Å². The van der Waals surface area contributed by atoms with Crippen LogP contribution in [0.25, 0.3) is 0 Å². The van der Waals surface area contributed by atoms with E-state index >= 15 is 0 Å². The summed E-state index contributed by atoms with van der Waals surface area (Å²) in [5.41, 5.74) is 0. The summed E-state index contributed by atoms with van der Waals surface area (Å²) in [7, 11) is 0. The number of hydrogen-bond donors (Lipinski definition) is 0. The number of nitrogens with zero attached hydrogens (tertiary/aromatic N) is 5. The topological polar surface area (TPSA) is 95.4 Å². The SMILES string of the molecule is O=[N+]([O-])C1=CCC(=Nn2cnnc2)O1. The van der Waals surface area contributed by atoms with E-state index < -0.39 is 4.92 Å². The summed E-state index contributed by atoms with van der Waals surface area (Å²) in [5, 5.41) is 21.2. The summed E-state index contributed by atoms with van der Waals surface area (Å²) < 4.78 is 6.14. The number of aromatic nitrogens is 3. The van der Waals surface area contributed by atoms with Crippen LogP contribution in [-0.2, 0) is 4.74 Å². The molecule has 1 aromatic rings. The predicted molar refractivity (Wildman–Crippen MR) is 43.6 cm³/mol. The van der Waals surface area contributed by atoms with Crippen molar-refractivity contribution in [3.8, 4) is 0 Å². The molecule has 0 fully saturated rings. The maximum atomic E-state index is 10.3. The Kier molecular flexibility index (Phi) is 1.94. The first kappa shape index (κ1) is 8.35. The Balaban J connectivity index is 2.09. The molecule has 8 heteroatoms. The molecule has 1 aliphatic rings. The highest BCUT2D eigenvalue weighted by Gasteiger charge is 2.22. The van der Waals surface area contributed by atoms with Gasteiger partial charge < -0.3 is 4.74 Å². The lowest BCUT2D eigenvalue weighted by Gasteiger charge is -1.95. The molecule has 1 aromatic heterocycles. The lowest BCUT2D eigenvalue weighted by atomic mass is 10.4. The number of nitro groups is 1. The fraction of sp³-hybridized carbons (Fsp3) is 0.167. The Morgan fingerprint density at radius 2 is 2.29 bits per heavy atom. The number of hydrogen-bond acceptors (Lipinski definition) is 6. The summed E-state index contributed by atoms with van der Waals surface area (Å²) in [6, 6.07) is 0. The fourth-order valence-electron chi connectivity index (χ4n) is 0.927. The minimum absolute atomic E-state index is 0.247. The van der Waals surface area contributed by atoms with Gasteiger partial charge in [-0.15, -0.1) is 15.3 Å². The average Bonchev–Trinajstić information content (AvgIpc) is 2.75. The molecule has 0 amide bonds. The van der Waals surface area contributed by atoms with E-state index in [1.54, 1.807) is 0 Å². The zero-order valence-electron chi connectivity index (χ0n) is 6.90. The van der Waals surface area contributed by atoms with Gasteiger partial charge in [0, 0.05) is 6.08 Å². The van der Waals surface area contributed by atoms with Crippen molar-refractivity contribution in [2.45, 2.75) is 6.42 Å². The third-order valence-electron chi connectivity index (χ3n) is 1.49. The van der Waals surface area contributed by atoms with E-state index in [1.165, 1.54) is 23.4 Å². The van der Waals surface area contributed by atoms with Gasteiger partial charge in [-0.05, 0) is 0 Å². The molecule has 0 aromatic carbocycles. The summed E-state index contributed by atoms with van der Waals surface area (Å²) in [4.78, 5) is 9.67. The first-order valence-corrected chi connectivity index (χ1v) is 3.70. The van der Waals surface area contributed by atoms with Crippen molar-refractivity contribution in [2.75, 3.05) is 0 Å². The van der Waals surface area contributed by atoms with Crippen LogP contribution < -0.4 is 0 Å². The van der Waals surface area contributed by atoms with Crippen LogP contribution >= 0.6 is 0 Å². The molecule has 0 radical (unpaired) electrons. The van der Waals surface area contributed by atoms with Gasteiger partial charge in [0.1, 0.15) is 17.6 Å². The lowest BCUT2D eigenvalue weighted by Crippen LogP contribution is -2.04. The van der Waals surface area contributed by atoms with E-state index in [-0.39, 0.29) is 11.8 Å². The van der Waals surface area contributed by atoms with Crippen molar-refractivity contribution < 1.29 is 9.66 Å².